The minimum atomic E-state index is -2.37. The second-order valence-electron chi connectivity index (χ2n) is 5.66. The van der Waals surface area contributed by atoms with Crippen LogP contribution in [0.25, 0.3) is 0 Å². The average molecular weight is 328 g/mol. The van der Waals surface area contributed by atoms with Gasteiger partial charge in [0, 0.05) is 36.4 Å². The molecule has 2 fully saturated rings. The summed E-state index contributed by atoms with van der Waals surface area (Å²) in [5, 5.41) is 6.50. The van der Waals surface area contributed by atoms with E-state index in [1.54, 1.807) is 23.9 Å². The van der Waals surface area contributed by atoms with Gasteiger partial charge in [-0.15, -0.1) is 11.8 Å². The van der Waals surface area contributed by atoms with Crippen LogP contribution in [0.1, 0.15) is 12.8 Å². The third kappa shape index (κ3) is 3.96. The van der Waals surface area contributed by atoms with E-state index in [2.05, 4.69) is 11.5 Å². The highest BCUT2D eigenvalue weighted by atomic mass is 32.2. The van der Waals surface area contributed by atoms with Crippen LogP contribution in [0.15, 0.2) is 29.2 Å². The first-order chi connectivity index (χ1) is 10.6. The van der Waals surface area contributed by atoms with Gasteiger partial charge in [0.2, 0.25) is 0 Å². The Morgan fingerprint density at radius 1 is 1.14 bits per heavy atom. The van der Waals surface area contributed by atoms with Crippen LogP contribution < -0.4 is 0 Å². The Morgan fingerprint density at radius 3 is 2.32 bits per heavy atom. The van der Waals surface area contributed by atoms with Crippen LogP contribution in [-0.4, -0.2) is 36.2 Å². The van der Waals surface area contributed by atoms with Gasteiger partial charge in [-0.25, -0.2) is 18.4 Å². The van der Waals surface area contributed by atoms with Crippen molar-refractivity contribution in [1.82, 2.24) is 4.90 Å². The Morgan fingerprint density at radius 2 is 1.73 bits per heavy atom. The molecule has 0 aromatic heterocycles. The zero-order chi connectivity index (χ0) is 16.2. The van der Waals surface area contributed by atoms with E-state index in [1.807, 2.05) is 0 Å². The van der Waals surface area contributed by atoms with E-state index < -0.39 is 5.92 Å². The number of rotatable bonds is 6. The third-order valence-corrected chi connectivity index (χ3v) is 5.32. The molecule has 0 N–H and O–H groups in total. The standard InChI is InChI=1S/C15H18F3NS.CHN/c16-11-3-5-12(6-4-11)20-8-2-1-7-19-9-13-14(10-19)15(13,17)18;1-2/h3-6,13-14H,1-2,7-10H2;1H. The van der Waals surface area contributed by atoms with Gasteiger partial charge in [0.15, 0.2) is 0 Å². The Balaban J connectivity index is 0.000000847. The van der Waals surface area contributed by atoms with E-state index in [-0.39, 0.29) is 17.7 Å². The number of hydrogen-bond donors (Lipinski definition) is 0. The quantitative estimate of drug-likeness (QED) is 0.583. The van der Waals surface area contributed by atoms with E-state index in [0.29, 0.717) is 13.1 Å². The number of fused-ring (bicyclic) bond motifs is 1. The fourth-order valence-corrected chi connectivity index (χ4v) is 3.84. The van der Waals surface area contributed by atoms with Gasteiger partial charge < -0.3 is 4.90 Å². The molecule has 1 saturated heterocycles. The molecule has 1 heterocycles. The van der Waals surface area contributed by atoms with Gasteiger partial charge in [0.05, 0.1) is 0 Å². The molecular formula is C16H19F3N2S. The molecule has 1 aromatic rings. The molecule has 2 atom stereocenters. The zero-order valence-corrected chi connectivity index (χ0v) is 13.0. The predicted molar refractivity (Wildman–Crippen MR) is 81.4 cm³/mol. The van der Waals surface area contributed by atoms with Gasteiger partial charge in [0.1, 0.15) is 5.82 Å². The van der Waals surface area contributed by atoms with Gasteiger partial charge in [-0.05, 0) is 49.4 Å². The molecular weight excluding hydrogens is 309 g/mol. The molecule has 1 aromatic carbocycles. The van der Waals surface area contributed by atoms with Crippen LogP contribution in [0.2, 0.25) is 0 Å². The Kier molecular flexibility index (Phi) is 5.76. The monoisotopic (exact) mass is 328 g/mol. The molecule has 1 aliphatic carbocycles. The molecule has 2 nitrogen and oxygen atoms in total. The van der Waals surface area contributed by atoms with Crippen molar-refractivity contribution in [3.8, 4) is 6.57 Å². The molecule has 3 rings (SSSR count). The van der Waals surface area contributed by atoms with Gasteiger partial charge in [-0.1, -0.05) is 0 Å². The third-order valence-electron chi connectivity index (χ3n) is 4.23. The molecule has 1 aliphatic heterocycles. The first-order valence-electron chi connectivity index (χ1n) is 7.32. The summed E-state index contributed by atoms with van der Waals surface area (Å²) in [7, 11) is 0. The SMILES string of the molecule is C#N.Fc1ccc(SCCCCN2CC3C(C2)C3(F)F)cc1. The van der Waals surface area contributed by atoms with Gasteiger partial charge >= 0.3 is 0 Å². The Hall–Kier alpha value is -1.19. The molecule has 120 valence electrons. The summed E-state index contributed by atoms with van der Waals surface area (Å²) in [6, 6.07) is 6.52. The van der Waals surface area contributed by atoms with E-state index in [9.17, 15) is 13.2 Å². The lowest BCUT2D eigenvalue weighted by atomic mass is 10.3. The van der Waals surface area contributed by atoms with Gasteiger partial charge in [0.25, 0.3) is 5.92 Å². The molecule has 0 bridgehead atoms. The summed E-state index contributed by atoms with van der Waals surface area (Å²) < 4.78 is 38.8. The number of benzene rings is 1. The lowest BCUT2D eigenvalue weighted by Gasteiger charge is -2.18. The van der Waals surface area contributed by atoms with Crippen LogP contribution in [0, 0.1) is 29.5 Å². The lowest BCUT2D eigenvalue weighted by Crippen LogP contribution is -2.28. The molecule has 2 unspecified atom stereocenters. The highest BCUT2D eigenvalue weighted by Gasteiger charge is 2.71. The van der Waals surface area contributed by atoms with Crippen molar-refractivity contribution < 1.29 is 13.2 Å². The maximum Gasteiger partial charge on any atom is 0.257 e. The number of nitrogens with zero attached hydrogens (tertiary/aromatic N) is 2. The van der Waals surface area contributed by atoms with Crippen LogP contribution in [0.3, 0.4) is 0 Å². The second-order valence-corrected chi connectivity index (χ2v) is 6.82. The van der Waals surface area contributed by atoms with Crippen molar-refractivity contribution in [1.29, 1.82) is 5.26 Å². The van der Waals surface area contributed by atoms with Crippen LogP contribution in [-0.2, 0) is 0 Å². The van der Waals surface area contributed by atoms with Crippen molar-refractivity contribution in [3.05, 3.63) is 30.1 Å². The summed E-state index contributed by atoms with van der Waals surface area (Å²) in [6.07, 6.45) is 2.10. The normalized spacial score (nSPS) is 25.1. The largest absolute Gasteiger partial charge is 0.302 e. The van der Waals surface area contributed by atoms with Crippen molar-refractivity contribution in [3.63, 3.8) is 0 Å². The molecule has 2 aliphatic rings. The number of likely N-dealkylation sites (tertiary alicyclic amines) is 1. The number of piperidine rings is 1. The average Bonchev–Trinajstić information content (AvgIpc) is 2.89. The summed E-state index contributed by atoms with van der Waals surface area (Å²) in [4.78, 5) is 3.24. The molecule has 0 radical (unpaired) electrons. The number of alkyl halides is 2. The molecule has 22 heavy (non-hydrogen) atoms. The van der Waals surface area contributed by atoms with E-state index in [0.717, 1.165) is 30.0 Å². The minimum absolute atomic E-state index is 0.209. The Labute approximate surface area is 133 Å². The highest BCUT2D eigenvalue weighted by molar-refractivity contribution is 7.99. The van der Waals surface area contributed by atoms with Gasteiger partial charge in [-0.2, -0.15) is 0 Å². The fourth-order valence-electron chi connectivity index (χ4n) is 2.93. The highest BCUT2D eigenvalue weighted by Crippen LogP contribution is 2.59. The van der Waals surface area contributed by atoms with Crippen molar-refractivity contribution in [2.24, 2.45) is 11.8 Å². The number of unbranched alkanes of at least 4 members (excludes halogenated alkanes) is 1. The van der Waals surface area contributed by atoms with Crippen molar-refractivity contribution >= 4 is 11.8 Å². The molecule has 0 amide bonds. The van der Waals surface area contributed by atoms with Crippen LogP contribution in [0.5, 0.6) is 0 Å². The zero-order valence-electron chi connectivity index (χ0n) is 12.2. The lowest BCUT2D eigenvalue weighted by molar-refractivity contribution is 0.0532. The number of nitriles is 1. The first-order valence-corrected chi connectivity index (χ1v) is 8.30. The van der Waals surface area contributed by atoms with Crippen molar-refractivity contribution in [2.75, 3.05) is 25.4 Å². The summed E-state index contributed by atoms with van der Waals surface area (Å²) in [6.45, 7) is 5.57. The summed E-state index contributed by atoms with van der Waals surface area (Å²) in [5.41, 5.74) is 0. The van der Waals surface area contributed by atoms with Crippen molar-refractivity contribution in [2.45, 2.75) is 23.7 Å². The summed E-state index contributed by atoms with van der Waals surface area (Å²) >= 11 is 1.72. The predicted octanol–water partition coefficient (Wildman–Crippen LogP) is 4.03. The molecule has 6 heteroatoms. The minimum Gasteiger partial charge on any atom is -0.302 e. The smallest absolute Gasteiger partial charge is 0.257 e. The van der Waals surface area contributed by atoms with Crippen LogP contribution >= 0.6 is 11.8 Å². The van der Waals surface area contributed by atoms with Crippen LogP contribution in [0.4, 0.5) is 13.2 Å². The van der Waals surface area contributed by atoms with E-state index >= 15 is 0 Å². The number of hydrogen-bond acceptors (Lipinski definition) is 3. The fraction of sp³-hybridized carbons (Fsp3) is 0.562. The maximum atomic E-state index is 13.0. The molecule has 0 spiro atoms. The topological polar surface area (TPSA) is 27.0 Å². The Bertz CT molecular complexity index is 490. The maximum absolute atomic E-state index is 13.0. The van der Waals surface area contributed by atoms with E-state index in [1.165, 1.54) is 12.1 Å². The first kappa shape index (κ1) is 17.2. The molecule has 1 saturated carbocycles. The van der Waals surface area contributed by atoms with E-state index in [4.69, 9.17) is 5.26 Å². The number of halogens is 3. The summed E-state index contributed by atoms with van der Waals surface area (Å²) in [5.74, 6) is -2.32. The van der Waals surface area contributed by atoms with Gasteiger partial charge in [-0.3, -0.25) is 0 Å². The second kappa shape index (κ2) is 7.38. The number of thioether (sulfide) groups is 1.